The van der Waals surface area contributed by atoms with Crippen LogP contribution in [0.25, 0.3) is 0 Å². The van der Waals surface area contributed by atoms with Crippen LogP contribution in [0.2, 0.25) is 0 Å². The van der Waals surface area contributed by atoms with Gasteiger partial charge in [0.05, 0.1) is 6.54 Å². The molecule has 0 radical (unpaired) electrons. The van der Waals surface area contributed by atoms with Crippen molar-refractivity contribution in [3.63, 3.8) is 0 Å². The standard InChI is InChI=1S/C17H31N5S/c1-5-18-17(21-10-16-20-9-15(4)23-16)19-6-7-22-11-13(2)8-14(3)12-22/h9,13-14H,5-8,10-12H2,1-4H3,(H2,18,19,21). The number of thiazole rings is 1. The predicted molar refractivity (Wildman–Crippen MR) is 99.1 cm³/mol. The molecular formula is C17H31N5S. The van der Waals surface area contributed by atoms with Gasteiger partial charge in [-0.2, -0.15) is 0 Å². The van der Waals surface area contributed by atoms with Crippen molar-refractivity contribution < 1.29 is 0 Å². The van der Waals surface area contributed by atoms with Gasteiger partial charge in [0.2, 0.25) is 0 Å². The second kappa shape index (κ2) is 9.23. The topological polar surface area (TPSA) is 52.6 Å². The third-order valence-corrected chi connectivity index (χ3v) is 4.95. The zero-order valence-corrected chi connectivity index (χ0v) is 15.7. The average molecular weight is 338 g/mol. The van der Waals surface area contributed by atoms with Crippen LogP contribution < -0.4 is 10.6 Å². The minimum Gasteiger partial charge on any atom is -0.357 e. The summed E-state index contributed by atoms with van der Waals surface area (Å²) in [6, 6.07) is 0. The van der Waals surface area contributed by atoms with Gasteiger partial charge in [0.25, 0.3) is 0 Å². The lowest BCUT2D eigenvalue weighted by Crippen LogP contribution is -2.45. The van der Waals surface area contributed by atoms with E-state index in [1.54, 1.807) is 11.3 Å². The number of hydrogen-bond donors (Lipinski definition) is 2. The number of piperidine rings is 1. The molecule has 1 fully saturated rings. The Bertz CT molecular complexity index is 489. The molecule has 0 bridgehead atoms. The van der Waals surface area contributed by atoms with Crippen LogP contribution in [0.15, 0.2) is 11.2 Å². The average Bonchev–Trinajstić information content (AvgIpc) is 2.89. The van der Waals surface area contributed by atoms with E-state index in [1.165, 1.54) is 24.4 Å². The van der Waals surface area contributed by atoms with Crippen LogP contribution in [0.1, 0.15) is 37.1 Å². The summed E-state index contributed by atoms with van der Waals surface area (Å²) in [5.41, 5.74) is 0. The first-order chi connectivity index (χ1) is 11.1. The molecule has 0 spiro atoms. The summed E-state index contributed by atoms with van der Waals surface area (Å²) in [5, 5.41) is 7.83. The van der Waals surface area contributed by atoms with E-state index in [1.807, 2.05) is 6.20 Å². The highest BCUT2D eigenvalue weighted by Crippen LogP contribution is 2.20. The van der Waals surface area contributed by atoms with E-state index in [2.05, 4.69) is 53.2 Å². The van der Waals surface area contributed by atoms with Crippen LogP contribution in [-0.2, 0) is 6.54 Å². The largest absolute Gasteiger partial charge is 0.357 e. The number of guanidine groups is 1. The summed E-state index contributed by atoms with van der Waals surface area (Å²) < 4.78 is 0. The number of aliphatic imine (C=N–C) groups is 1. The fourth-order valence-electron chi connectivity index (χ4n) is 3.27. The zero-order valence-electron chi connectivity index (χ0n) is 14.9. The number of nitrogens with one attached hydrogen (secondary N) is 2. The molecule has 1 aromatic rings. The third kappa shape index (κ3) is 6.47. The molecule has 0 amide bonds. The van der Waals surface area contributed by atoms with E-state index in [0.29, 0.717) is 6.54 Å². The molecule has 2 unspecified atom stereocenters. The Kier molecular flexibility index (Phi) is 7.30. The molecule has 23 heavy (non-hydrogen) atoms. The number of nitrogens with zero attached hydrogens (tertiary/aromatic N) is 3. The lowest BCUT2D eigenvalue weighted by atomic mass is 9.92. The summed E-state index contributed by atoms with van der Waals surface area (Å²) in [6.45, 7) is 14.9. The van der Waals surface area contributed by atoms with Crippen molar-refractivity contribution in [3.8, 4) is 0 Å². The van der Waals surface area contributed by atoms with E-state index in [4.69, 9.17) is 0 Å². The minimum atomic E-state index is 0.644. The first-order valence-corrected chi connectivity index (χ1v) is 9.54. The molecule has 130 valence electrons. The van der Waals surface area contributed by atoms with Crippen molar-refractivity contribution in [1.29, 1.82) is 0 Å². The monoisotopic (exact) mass is 337 g/mol. The van der Waals surface area contributed by atoms with Crippen molar-refractivity contribution in [2.24, 2.45) is 16.8 Å². The van der Waals surface area contributed by atoms with Crippen LogP contribution in [0.3, 0.4) is 0 Å². The lowest BCUT2D eigenvalue weighted by Gasteiger charge is -2.35. The molecule has 1 aliphatic rings. The van der Waals surface area contributed by atoms with Crippen molar-refractivity contribution in [2.45, 2.75) is 40.7 Å². The van der Waals surface area contributed by atoms with E-state index >= 15 is 0 Å². The van der Waals surface area contributed by atoms with Gasteiger partial charge < -0.3 is 15.5 Å². The van der Waals surface area contributed by atoms with Crippen molar-refractivity contribution >= 4 is 17.3 Å². The first kappa shape index (κ1) is 18.2. The first-order valence-electron chi connectivity index (χ1n) is 8.72. The number of rotatable bonds is 6. The summed E-state index contributed by atoms with van der Waals surface area (Å²) in [5.74, 6) is 2.51. The molecule has 5 nitrogen and oxygen atoms in total. The normalized spacial score (nSPS) is 23.0. The minimum absolute atomic E-state index is 0.644. The number of aromatic nitrogens is 1. The molecule has 1 aliphatic heterocycles. The molecular weight excluding hydrogens is 306 g/mol. The molecule has 1 saturated heterocycles. The Morgan fingerprint density at radius 3 is 2.70 bits per heavy atom. The summed E-state index contributed by atoms with van der Waals surface area (Å²) in [6.07, 6.45) is 3.27. The van der Waals surface area contributed by atoms with Gasteiger partial charge in [0.15, 0.2) is 5.96 Å². The van der Waals surface area contributed by atoms with Crippen LogP contribution >= 0.6 is 11.3 Å². The Morgan fingerprint density at radius 1 is 1.35 bits per heavy atom. The molecule has 6 heteroatoms. The van der Waals surface area contributed by atoms with E-state index in [-0.39, 0.29) is 0 Å². The Morgan fingerprint density at radius 2 is 2.09 bits per heavy atom. The van der Waals surface area contributed by atoms with Gasteiger partial charge in [-0.25, -0.2) is 9.98 Å². The highest BCUT2D eigenvalue weighted by Gasteiger charge is 2.21. The van der Waals surface area contributed by atoms with Gasteiger partial charge in [-0.1, -0.05) is 13.8 Å². The smallest absolute Gasteiger partial charge is 0.191 e. The van der Waals surface area contributed by atoms with E-state index in [9.17, 15) is 0 Å². The van der Waals surface area contributed by atoms with Gasteiger partial charge in [-0.3, -0.25) is 0 Å². The molecule has 2 atom stereocenters. The van der Waals surface area contributed by atoms with Crippen molar-refractivity contribution in [1.82, 2.24) is 20.5 Å². The van der Waals surface area contributed by atoms with Gasteiger partial charge in [0.1, 0.15) is 5.01 Å². The van der Waals surface area contributed by atoms with Gasteiger partial charge in [-0.15, -0.1) is 11.3 Å². The molecule has 0 aliphatic carbocycles. The maximum Gasteiger partial charge on any atom is 0.191 e. The van der Waals surface area contributed by atoms with Crippen molar-refractivity contribution in [2.75, 3.05) is 32.7 Å². The second-order valence-corrected chi connectivity index (χ2v) is 8.01. The predicted octanol–water partition coefficient (Wildman–Crippen LogP) is 2.48. The highest BCUT2D eigenvalue weighted by molar-refractivity contribution is 7.11. The van der Waals surface area contributed by atoms with Gasteiger partial charge >= 0.3 is 0 Å². The molecule has 2 N–H and O–H groups in total. The number of hydrogen-bond acceptors (Lipinski definition) is 4. The maximum absolute atomic E-state index is 4.63. The third-order valence-electron chi connectivity index (χ3n) is 4.05. The summed E-state index contributed by atoms with van der Waals surface area (Å²) >= 11 is 1.71. The Balaban J connectivity index is 1.77. The number of aryl methyl sites for hydroxylation is 1. The van der Waals surface area contributed by atoms with E-state index < -0.39 is 0 Å². The molecule has 0 aromatic carbocycles. The van der Waals surface area contributed by atoms with Crippen molar-refractivity contribution in [3.05, 3.63) is 16.1 Å². The second-order valence-electron chi connectivity index (χ2n) is 6.69. The van der Waals surface area contributed by atoms with E-state index in [0.717, 1.165) is 42.4 Å². The molecule has 0 saturated carbocycles. The summed E-state index contributed by atoms with van der Waals surface area (Å²) in [7, 11) is 0. The van der Waals surface area contributed by atoms with Crippen LogP contribution in [0.4, 0.5) is 0 Å². The zero-order chi connectivity index (χ0) is 16.7. The summed E-state index contributed by atoms with van der Waals surface area (Å²) in [4.78, 5) is 12.8. The van der Waals surface area contributed by atoms with Crippen LogP contribution in [0, 0.1) is 18.8 Å². The number of likely N-dealkylation sites (tertiary alicyclic amines) is 1. The van der Waals surface area contributed by atoms with Gasteiger partial charge in [0, 0.05) is 43.8 Å². The Hall–Kier alpha value is -1.14. The lowest BCUT2D eigenvalue weighted by molar-refractivity contribution is 0.143. The maximum atomic E-state index is 4.63. The molecule has 2 rings (SSSR count). The Labute approximate surface area is 144 Å². The quantitative estimate of drug-likeness (QED) is 0.618. The molecule has 2 heterocycles. The fraction of sp³-hybridized carbons (Fsp3) is 0.765. The van der Waals surface area contributed by atoms with Gasteiger partial charge in [-0.05, 0) is 32.1 Å². The highest BCUT2D eigenvalue weighted by atomic mass is 32.1. The van der Waals surface area contributed by atoms with Crippen LogP contribution in [0.5, 0.6) is 0 Å². The molecule has 1 aromatic heterocycles. The fourth-order valence-corrected chi connectivity index (χ4v) is 3.98. The van der Waals surface area contributed by atoms with Crippen LogP contribution in [-0.4, -0.2) is 48.6 Å². The SMILES string of the molecule is CCNC(=NCc1ncc(C)s1)NCCN1CC(C)CC(C)C1.